The highest BCUT2D eigenvalue weighted by Gasteiger charge is 2.15. The van der Waals surface area contributed by atoms with Crippen molar-refractivity contribution in [3.63, 3.8) is 0 Å². The first-order valence-electron chi connectivity index (χ1n) is 8.63. The predicted molar refractivity (Wildman–Crippen MR) is 105 cm³/mol. The van der Waals surface area contributed by atoms with E-state index >= 15 is 0 Å². The number of ether oxygens (including phenoxy) is 1. The Morgan fingerprint density at radius 2 is 1.82 bits per heavy atom. The number of esters is 1. The summed E-state index contributed by atoms with van der Waals surface area (Å²) in [6, 6.07) is 15.3. The molecule has 0 aliphatic rings. The van der Waals surface area contributed by atoms with Gasteiger partial charge in [0.2, 0.25) is 0 Å². The highest BCUT2D eigenvalue weighted by molar-refractivity contribution is 6.04. The van der Waals surface area contributed by atoms with Gasteiger partial charge in [-0.2, -0.15) is 0 Å². The summed E-state index contributed by atoms with van der Waals surface area (Å²) in [6.45, 7) is 1.34. The fraction of sp³-hybridized carbons (Fsp3) is 0.143. The lowest BCUT2D eigenvalue weighted by atomic mass is 10.1. The molecule has 0 saturated carbocycles. The molecule has 28 heavy (non-hydrogen) atoms. The number of carbonyl (C=O) groups is 3. The van der Waals surface area contributed by atoms with Crippen LogP contribution in [0.5, 0.6) is 0 Å². The first-order chi connectivity index (χ1) is 13.5. The number of hydrogen-bond acceptors (Lipinski definition) is 5. The molecule has 2 aromatic carbocycles. The summed E-state index contributed by atoms with van der Waals surface area (Å²) in [7, 11) is 1.53. The number of aromatic nitrogens is 1. The molecule has 0 bridgehead atoms. The Morgan fingerprint density at radius 3 is 2.61 bits per heavy atom. The van der Waals surface area contributed by atoms with Crippen molar-refractivity contribution >= 4 is 34.4 Å². The van der Waals surface area contributed by atoms with Crippen LogP contribution in [0.1, 0.15) is 26.4 Å². The third-order valence-electron chi connectivity index (χ3n) is 4.03. The lowest BCUT2D eigenvalue weighted by Gasteiger charge is -2.09. The standard InChI is InChI=1S/C21H19N3O4/c1-13-10-17(16-8-3-4-9-18(16)23-13)21(27)28-12-19(25)24-15-7-5-6-14(11-15)20(26)22-2/h3-11H,12H2,1-2H3,(H,22,26)(H,24,25). The number of amides is 2. The highest BCUT2D eigenvalue weighted by atomic mass is 16.5. The molecule has 1 heterocycles. The molecule has 142 valence electrons. The van der Waals surface area contributed by atoms with Gasteiger partial charge in [-0.15, -0.1) is 0 Å². The summed E-state index contributed by atoms with van der Waals surface area (Å²) in [6.07, 6.45) is 0. The average molecular weight is 377 g/mol. The molecule has 0 unspecified atom stereocenters. The van der Waals surface area contributed by atoms with Crippen LogP contribution in [0.4, 0.5) is 5.69 Å². The topological polar surface area (TPSA) is 97.4 Å². The predicted octanol–water partition coefficient (Wildman–Crippen LogP) is 2.70. The van der Waals surface area contributed by atoms with Gasteiger partial charge < -0.3 is 15.4 Å². The molecule has 0 spiro atoms. The van der Waals surface area contributed by atoms with Crippen LogP contribution >= 0.6 is 0 Å². The van der Waals surface area contributed by atoms with Crippen molar-refractivity contribution in [3.8, 4) is 0 Å². The summed E-state index contributed by atoms with van der Waals surface area (Å²) >= 11 is 0. The number of benzene rings is 2. The van der Waals surface area contributed by atoms with Gasteiger partial charge in [0.1, 0.15) is 0 Å². The van der Waals surface area contributed by atoms with Crippen LogP contribution in [-0.4, -0.2) is 36.4 Å². The summed E-state index contributed by atoms with van der Waals surface area (Å²) in [5.41, 5.74) is 2.58. The van der Waals surface area contributed by atoms with E-state index in [0.29, 0.717) is 33.4 Å². The van der Waals surface area contributed by atoms with Crippen LogP contribution in [0.3, 0.4) is 0 Å². The third-order valence-corrected chi connectivity index (χ3v) is 4.03. The number of rotatable bonds is 5. The third kappa shape index (κ3) is 4.32. The molecular weight excluding hydrogens is 358 g/mol. The number of carbonyl (C=O) groups excluding carboxylic acids is 3. The van der Waals surface area contributed by atoms with Gasteiger partial charge in [-0.3, -0.25) is 14.6 Å². The van der Waals surface area contributed by atoms with Gasteiger partial charge in [0.05, 0.1) is 11.1 Å². The molecule has 3 aromatic rings. The van der Waals surface area contributed by atoms with Gasteiger partial charge in [0, 0.05) is 29.4 Å². The van der Waals surface area contributed by atoms with Gasteiger partial charge in [0.25, 0.3) is 11.8 Å². The minimum absolute atomic E-state index is 0.262. The van der Waals surface area contributed by atoms with E-state index in [2.05, 4.69) is 15.6 Å². The molecule has 2 N–H and O–H groups in total. The van der Waals surface area contributed by atoms with Gasteiger partial charge in [-0.25, -0.2) is 4.79 Å². The van der Waals surface area contributed by atoms with E-state index in [4.69, 9.17) is 4.74 Å². The van der Waals surface area contributed by atoms with E-state index in [1.807, 2.05) is 18.2 Å². The zero-order valence-electron chi connectivity index (χ0n) is 15.5. The van der Waals surface area contributed by atoms with Crippen molar-refractivity contribution < 1.29 is 19.1 Å². The van der Waals surface area contributed by atoms with E-state index in [-0.39, 0.29) is 5.91 Å². The summed E-state index contributed by atoms with van der Waals surface area (Å²) in [5, 5.41) is 5.78. The zero-order valence-corrected chi connectivity index (χ0v) is 15.5. The van der Waals surface area contributed by atoms with Gasteiger partial charge in [-0.1, -0.05) is 24.3 Å². The second kappa shape index (κ2) is 8.30. The molecule has 1 aromatic heterocycles. The quantitative estimate of drug-likeness (QED) is 0.667. The molecule has 0 fully saturated rings. The van der Waals surface area contributed by atoms with Crippen LogP contribution in [0.2, 0.25) is 0 Å². The van der Waals surface area contributed by atoms with Crippen molar-refractivity contribution in [1.29, 1.82) is 0 Å². The van der Waals surface area contributed by atoms with Crippen molar-refractivity contribution in [2.75, 3.05) is 19.0 Å². The number of para-hydroxylation sites is 1. The Morgan fingerprint density at radius 1 is 1.04 bits per heavy atom. The van der Waals surface area contributed by atoms with Gasteiger partial charge >= 0.3 is 5.97 Å². The second-order valence-corrected chi connectivity index (χ2v) is 6.11. The molecule has 7 heteroatoms. The maximum Gasteiger partial charge on any atom is 0.339 e. The minimum Gasteiger partial charge on any atom is -0.452 e. The molecule has 0 aliphatic heterocycles. The molecule has 3 rings (SSSR count). The summed E-state index contributed by atoms with van der Waals surface area (Å²) in [5.74, 6) is -1.36. The van der Waals surface area contributed by atoms with E-state index in [9.17, 15) is 14.4 Å². The largest absolute Gasteiger partial charge is 0.452 e. The Labute approximate surface area is 161 Å². The lowest BCUT2D eigenvalue weighted by molar-refractivity contribution is -0.119. The van der Waals surface area contributed by atoms with Crippen molar-refractivity contribution in [2.45, 2.75) is 6.92 Å². The fourth-order valence-electron chi connectivity index (χ4n) is 2.77. The van der Waals surface area contributed by atoms with E-state index in [1.54, 1.807) is 37.3 Å². The first-order valence-corrected chi connectivity index (χ1v) is 8.63. The maximum absolute atomic E-state index is 12.5. The molecule has 7 nitrogen and oxygen atoms in total. The normalized spacial score (nSPS) is 10.4. The van der Waals surface area contributed by atoms with E-state index in [0.717, 1.165) is 0 Å². The van der Waals surface area contributed by atoms with E-state index in [1.165, 1.54) is 13.1 Å². The number of aryl methyl sites for hydroxylation is 1. The van der Waals surface area contributed by atoms with E-state index < -0.39 is 18.5 Å². The highest BCUT2D eigenvalue weighted by Crippen LogP contribution is 2.19. The van der Waals surface area contributed by atoms with Gasteiger partial charge in [-0.05, 0) is 37.3 Å². The van der Waals surface area contributed by atoms with Crippen molar-refractivity contribution in [3.05, 3.63) is 71.4 Å². The van der Waals surface area contributed by atoms with Crippen LogP contribution in [0.15, 0.2) is 54.6 Å². The summed E-state index contributed by atoms with van der Waals surface area (Å²) in [4.78, 5) is 40.6. The molecule has 0 saturated heterocycles. The minimum atomic E-state index is -0.601. The molecule has 2 amide bonds. The molecular formula is C21H19N3O4. The summed E-state index contributed by atoms with van der Waals surface area (Å²) < 4.78 is 5.17. The molecule has 0 atom stereocenters. The SMILES string of the molecule is CNC(=O)c1cccc(NC(=O)COC(=O)c2cc(C)nc3ccccc23)c1. The van der Waals surface area contributed by atoms with Crippen LogP contribution in [0, 0.1) is 6.92 Å². The second-order valence-electron chi connectivity index (χ2n) is 6.11. The Balaban J connectivity index is 1.67. The Hall–Kier alpha value is -3.74. The van der Waals surface area contributed by atoms with Crippen LogP contribution in [-0.2, 0) is 9.53 Å². The number of anilines is 1. The Kier molecular flexibility index (Phi) is 5.64. The molecule has 0 aliphatic carbocycles. The fourth-order valence-corrected chi connectivity index (χ4v) is 2.77. The number of nitrogens with one attached hydrogen (secondary N) is 2. The monoisotopic (exact) mass is 377 g/mol. The first kappa shape index (κ1) is 19.0. The van der Waals surface area contributed by atoms with Crippen molar-refractivity contribution in [2.24, 2.45) is 0 Å². The zero-order chi connectivity index (χ0) is 20.1. The lowest BCUT2D eigenvalue weighted by Crippen LogP contribution is -2.22. The maximum atomic E-state index is 12.5. The molecule has 0 radical (unpaired) electrons. The average Bonchev–Trinajstić information content (AvgIpc) is 2.70. The number of fused-ring (bicyclic) bond motifs is 1. The van der Waals surface area contributed by atoms with Crippen molar-refractivity contribution in [1.82, 2.24) is 10.3 Å². The number of nitrogens with zero attached hydrogens (tertiary/aromatic N) is 1. The Bertz CT molecular complexity index is 1060. The van der Waals surface area contributed by atoms with Crippen LogP contribution < -0.4 is 10.6 Å². The number of hydrogen-bond donors (Lipinski definition) is 2. The van der Waals surface area contributed by atoms with Gasteiger partial charge in [0.15, 0.2) is 6.61 Å². The smallest absolute Gasteiger partial charge is 0.339 e. The van der Waals surface area contributed by atoms with Crippen LogP contribution in [0.25, 0.3) is 10.9 Å². The number of pyridine rings is 1.